The molecule has 24 heavy (non-hydrogen) atoms. The van der Waals surface area contributed by atoms with Crippen LogP contribution in [0, 0.1) is 0 Å². The minimum absolute atomic E-state index is 0.316. The molecule has 0 unspecified atom stereocenters. The van der Waals surface area contributed by atoms with Gasteiger partial charge in [-0.2, -0.15) is 5.10 Å². The maximum absolute atomic E-state index is 10.3. The molecule has 0 bridgehead atoms. The molecule has 2 heterocycles. The molecule has 0 aliphatic carbocycles. The van der Waals surface area contributed by atoms with Crippen molar-refractivity contribution in [3.05, 3.63) is 53.3 Å². The van der Waals surface area contributed by atoms with E-state index in [0.717, 1.165) is 25.1 Å². The minimum atomic E-state index is -0.495. The van der Waals surface area contributed by atoms with Gasteiger partial charge in [-0.3, -0.25) is 9.58 Å². The van der Waals surface area contributed by atoms with Gasteiger partial charge in [0.25, 0.3) is 0 Å². The van der Waals surface area contributed by atoms with Gasteiger partial charge in [0.15, 0.2) is 0 Å². The van der Waals surface area contributed by atoms with Gasteiger partial charge in [0.1, 0.15) is 0 Å². The van der Waals surface area contributed by atoms with Crippen molar-refractivity contribution >= 4 is 11.6 Å². The van der Waals surface area contributed by atoms with Crippen LogP contribution < -0.4 is 0 Å². The molecule has 1 N–H and O–H groups in total. The molecule has 0 amide bonds. The topological polar surface area (TPSA) is 50.5 Å². The van der Waals surface area contributed by atoms with E-state index in [9.17, 15) is 5.11 Å². The van der Waals surface area contributed by atoms with Crippen molar-refractivity contribution in [3.8, 4) is 0 Å². The predicted molar refractivity (Wildman–Crippen MR) is 93.9 cm³/mol. The fraction of sp³-hybridized carbons (Fsp3) is 0.500. The lowest BCUT2D eigenvalue weighted by Gasteiger charge is -2.26. The molecule has 1 aliphatic rings. The van der Waals surface area contributed by atoms with Crippen LogP contribution >= 0.6 is 11.6 Å². The normalized spacial score (nSPS) is 19.7. The summed E-state index contributed by atoms with van der Waals surface area (Å²) in [6.07, 6.45) is 5.61. The first-order chi connectivity index (χ1) is 11.7. The molecule has 1 fully saturated rings. The molecule has 3 rings (SSSR count). The number of halogens is 1. The molecule has 2 atom stereocenters. The van der Waals surface area contributed by atoms with Crippen molar-refractivity contribution in [2.45, 2.75) is 38.1 Å². The van der Waals surface area contributed by atoms with Gasteiger partial charge in [-0.25, -0.2) is 0 Å². The first-order valence-electron chi connectivity index (χ1n) is 8.43. The van der Waals surface area contributed by atoms with E-state index in [-0.39, 0.29) is 0 Å². The molecule has 1 aliphatic heterocycles. The third-order valence-corrected chi connectivity index (χ3v) is 4.80. The summed E-state index contributed by atoms with van der Waals surface area (Å²) < 4.78 is 7.60. The van der Waals surface area contributed by atoms with Crippen LogP contribution in [0.1, 0.15) is 18.4 Å². The summed E-state index contributed by atoms with van der Waals surface area (Å²) in [6.45, 7) is 3.27. The standard InChI is InChI=1S/C18H24ClN3O2/c19-18-7-2-1-5-15(18)13-24-14-17(23)12-21-9-3-6-16(21)11-22-10-4-8-20-22/h1-2,4-5,7-8,10,16-17,23H,3,6,9,11-14H2/t16-,17+/m1/s1. The number of nitrogens with zero attached hydrogens (tertiary/aromatic N) is 3. The lowest BCUT2D eigenvalue weighted by atomic mass is 10.2. The number of likely N-dealkylation sites (tertiary alicyclic amines) is 1. The Morgan fingerprint density at radius 1 is 1.33 bits per heavy atom. The number of aliphatic hydroxyl groups is 1. The molecule has 130 valence electrons. The highest BCUT2D eigenvalue weighted by Gasteiger charge is 2.26. The van der Waals surface area contributed by atoms with Crippen molar-refractivity contribution in [1.29, 1.82) is 0 Å². The van der Waals surface area contributed by atoms with Crippen LogP contribution in [0.2, 0.25) is 5.02 Å². The lowest BCUT2D eigenvalue weighted by molar-refractivity contribution is 0.00668. The quantitative estimate of drug-likeness (QED) is 0.795. The van der Waals surface area contributed by atoms with Crippen molar-refractivity contribution < 1.29 is 9.84 Å². The van der Waals surface area contributed by atoms with Crippen LogP contribution in [-0.4, -0.2) is 51.6 Å². The van der Waals surface area contributed by atoms with Crippen molar-refractivity contribution in [2.75, 3.05) is 19.7 Å². The van der Waals surface area contributed by atoms with Crippen molar-refractivity contribution in [3.63, 3.8) is 0 Å². The van der Waals surface area contributed by atoms with Gasteiger partial charge < -0.3 is 9.84 Å². The predicted octanol–water partition coefficient (Wildman–Crippen LogP) is 2.58. The molecule has 6 heteroatoms. The second-order valence-electron chi connectivity index (χ2n) is 6.28. The Morgan fingerprint density at radius 3 is 3.00 bits per heavy atom. The maximum Gasteiger partial charge on any atom is 0.0900 e. The average Bonchev–Trinajstić information content (AvgIpc) is 3.22. The van der Waals surface area contributed by atoms with E-state index in [2.05, 4.69) is 10.00 Å². The number of hydrogen-bond donors (Lipinski definition) is 1. The second-order valence-corrected chi connectivity index (χ2v) is 6.69. The molecule has 1 saturated heterocycles. The zero-order valence-electron chi connectivity index (χ0n) is 13.7. The third kappa shape index (κ3) is 4.80. The molecule has 2 aromatic rings. The number of aliphatic hydroxyl groups excluding tert-OH is 1. The van der Waals surface area contributed by atoms with Gasteiger partial charge in [-0.1, -0.05) is 29.8 Å². The van der Waals surface area contributed by atoms with E-state index in [1.54, 1.807) is 6.20 Å². The van der Waals surface area contributed by atoms with Gasteiger partial charge in [-0.15, -0.1) is 0 Å². The molecule has 0 spiro atoms. The molecular weight excluding hydrogens is 326 g/mol. The van der Waals surface area contributed by atoms with Gasteiger partial charge in [0, 0.05) is 30.0 Å². The van der Waals surface area contributed by atoms with Gasteiger partial charge in [0.05, 0.1) is 25.9 Å². The van der Waals surface area contributed by atoms with Gasteiger partial charge in [0.2, 0.25) is 0 Å². The average molecular weight is 350 g/mol. The largest absolute Gasteiger partial charge is 0.389 e. The molecule has 1 aromatic carbocycles. The van der Waals surface area contributed by atoms with E-state index < -0.39 is 6.10 Å². The van der Waals surface area contributed by atoms with E-state index in [1.165, 1.54) is 6.42 Å². The Kier molecular flexibility index (Phi) is 6.26. The Bertz CT molecular complexity index is 620. The molecular formula is C18H24ClN3O2. The number of benzene rings is 1. The van der Waals surface area contributed by atoms with Gasteiger partial charge in [-0.05, 0) is 37.1 Å². The van der Waals surface area contributed by atoms with E-state index in [0.29, 0.717) is 30.8 Å². The fourth-order valence-corrected chi connectivity index (χ4v) is 3.40. The summed E-state index contributed by atoms with van der Waals surface area (Å²) in [4.78, 5) is 2.34. The first kappa shape index (κ1) is 17.4. The molecule has 0 saturated carbocycles. The van der Waals surface area contributed by atoms with Crippen LogP contribution in [0.5, 0.6) is 0 Å². The Balaban J connectivity index is 1.42. The van der Waals surface area contributed by atoms with Crippen LogP contribution in [0.25, 0.3) is 0 Å². The SMILES string of the molecule is O[C@H](COCc1ccccc1Cl)CN1CCC[C@@H]1Cn1cccn1. The highest BCUT2D eigenvalue weighted by molar-refractivity contribution is 6.31. The summed E-state index contributed by atoms with van der Waals surface area (Å²) in [5.41, 5.74) is 0.948. The third-order valence-electron chi connectivity index (χ3n) is 4.43. The van der Waals surface area contributed by atoms with Crippen molar-refractivity contribution in [2.24, 2.45) is 0 Å². The fourth-order valence-electron chi connectivity index (χ4n) is 3.21. The molecule has 0 radical (unpaired) electrons. The monoisotopic (exact) mass is 349 g/mol. The lowest BCUT2D eigenvalue weighted by Crippen LogP contribution is -2.40. The van der Waals surface area contributed by atoms with E-state index in [4.69, 9.17) is 16.3 Å². The van der Waals surface area contributed by atoms with Crippen LogP contribution in [0.15, 0.2) is 42.7 Å². The Labute approximate surface area is 147 Å². The summed E-state index contributed by atoms with van der Waals surface area (Å²) >= 11 is 6.10. The summed E-state index contributed by atoms with van der Waals surface area (Å²) in [5.74, 6) is 0. The smallest absolute Gasteiger partial charge is 0.0900 e. The minimum Gasteiger partial charge on any atom is -0.389 e. The van der Waals surface area contributed by atoms with Crippen LogP contribution in [-0.2, 0) is 17.9 Å². The highest BCUT2D eigenvalue weighted by atomic mass is 35.5. The zero-order valence-corrected chi connectivity index (χ0v) is 14.5. The van der Waals surface area contributed by atoms with Crippen LogP contribution in [0.3, 0.4) is 0 Å². The number of hydrogen-bond acceptors (Lipinski definition) is 4. The van der Waals surface area contributed by atoms with Gasteiger partial charge >= 0.3 is 0 Å². The zero-order chi connectivity index (χ0) is 16.8. The number of aromatic nitrogens is 2. The van der Waals surface area contributed by atoms with Crippen LogP contribution in [0.4, 0.5) is 0 Å². The Morgan fingerprint density at radius 2 is 2.21 bits per heavy atom. The number of rotatable bonds is 8. The molecule has 1 aromatic heterocycles. The second kappa shape index (κ2) is 8.62. The first-order valence-corrected chi connectivity index (χ1v) is 8.81. The Hall–Kier alpha value is -1.40. The summed E-state index contributed by atoms with van der Waals surface area (Å²) in [6, 6.07) is 9.99. The number of ether oxygens (including phenoxy) is 1. The summed E-state index contributed by atoms with van der Waals surface area (Å²) in [7, 11) is 0. The van der Waals surface area contributed by atoms with E-state index >= 15 is 0 Å². The maximum atomic E-state index is 10.3. The summed E-state index contributed by atoms with van der Waals surface area (Å²) in [5, 5.41) is 15.3. The highest BCUT2D eigenvalue weighted by Crippen LogP contribution is 2.19. The molecule has 5 nitrogen and oxygen atoms in total. The van der Waals surface area contributed by atoms with E-state index in [1.807, 2.05) is 41.2 Å². The number of β-amino-alcohol motifs (C(OH)–C–C–N with tert-alkyl or cyclic N) is 1. The van der Waals surface area contributed by atoms with Crippen molar-refractivity contribution in [1.82, 2.24) is 14.7 Å².